The Morgan fingerprint density at radius 1 is 1.32 bits per heavy atom. The van der Waals surface area contributed by atoms with Gasteiger partial charge in [0.25, 0.3) is 0 Å². The fraction of sp³-hybridized carbons (Fsp3) is 0.389. The van der Waals surface area contributed by atoms with Crippen LogP contribution in [0.25, 0.3) is 10.9 Å². The second-order valence-corrected chi connectivity index (χ2v) is 6.55. The van der Waals surface area contributed by atoms with Crippen LogP contribution in [0.15, 0.2) is 41.4 Å². The number of benzene rings is 1. The molecule has 4 rings (SSSR count). The molecule has 0 bridgehead atoms. The monoisotopic (exact) mass is 295 g/mol. The summed E-state index contributed by atoms with van der Waals surface area (Å²) < 4.78 is 5.36. The lowest BCUT2D eigenvalue weighted by Gasteiger charge is -2.39. The van der Waals surface area contributed by atoms with Crippen LogP contribution >= 0.6 is 0 Å². The van der Waals surface area contributed by atoms with Crippen molar-refractivity contribution in [1.29, 1.82) is 0 Å². The highest BCUT2D eigenvalue weighted by molar-refractivity contribution is 5.84. The van der Waals surface area contributed by atoms with Gasteiger partial charge in [-0.1, -0.05) is 6.07 Å². The smallest absolute Gasteiger partial charge is 0.180 e. The highest BCUT2D eigenvalue weighted by atomic mass is 16.3. The van der Waals surface area contributed by atoms with E-state index in [1.54, 1.807) is 6.20 Å². The average molecular weight is 295 g/mol. The largest absolute Gasteiger partial charge is 0.448 e. The molecule has 0 unspecified atom stereocenters. The molecule has 0 aliphatic heterocycles. The Morgan fingerprint density at radius 2 is 2.18 bits per heavy atom. The van der Waals surface area contributed by atoms with Gasteiger partial charge in [0.15, 0.2) is 6.39 Å². The molecule has 0 atom stereocenters. The lowest BCUT2D eigenvalue weighted by atomic mass is 9.75. The highest BCUT2D eigenvalue weighted by Crippen LogP contribution is 2.41. The minimum atomic E-state index is 0.682. The maximum atomic E-state index is 5.36. The number of H-pyrrole nitrogens is 1. The van der Waals surface area contributed by atoms with Crippen molar-refractivity contribution in [2.75, 3.05) is 14.1 Å². The number of aromatic nitrogens is 2. The molecule has 0 saturated heterocycles. The first-order valence-electron chi connectivity index (χ1n) is 7.84. The Kier molecular flexibility index (Phi) is 3.26. The summed E-state index contributed by atoms with van der Waals surface area (Å²) in [6, 6.07) is 7.36. The van der Waals surface area contributed by atoms with E-state index in [4.69, 9.17) is 4.42 Å². The van der Waals surface area contributed by atoms with E-state index in [1.165, 1.54) is 41.3 Å². The lowest BCUT2D eigenvalue weighted by molar-refractivity contribution is 0.167. The predicted octanol–water partition coefficient (Wildman–Crippen LogP) is 3.55. The topological polar surface area (TPSA) is 45.1 Å². The minimum Gasteiger partial charge on any atom is -0.448 e. The van der Waals surface area contributed by atoms with Gasteiger partial charge in [0.05, 0.1) is 6.20 Å². The van der Waals surface area contributed by atoms with Gasteiger partial charge in [0.2, 0.25) is 0 Å². The third kappa shape index (κ3) is 2.33. The van der Waals surface area contributed by atoms with Crippen molar-refractivity contribution in [3.63, 3.8) is 0 Å². The van der Waals surface area contributed by atoms with Gasteiger partial charge in [-0.25, -0.2) is 4.98 Å². The Hall–Kier alpha value is -2.07. The summed E-state index contributed by atoms with van der Waals surface area (Å²) in [5.41, 5.74) is 3.96. The fourth-order valence-electron chi connectivity index (χ4n) is 3.43. The summed E-state index contributed by atoms with van der Waals surface area (Å²) >= 11 is 0. The van der Waals surface area contributed by atoms with E-state index < -0.39 is 0 Å². The van der Waals surface area contributed by atoms with Crippen LogP contribution < -0.4 is 0 Å². The van der Waals surface area contributed by atoms with Gasteiger partial charge >= 0.3 is 0 Å². The van der Waals surface area contributed by atoms with Crippen LogP contribution in [-0.4, -0.2) is 35.0 Å². The van der Waals surface area contributed by atoms with Crippen molar-refractivity contribution in [3.8, 4) is 0 Å². The van der Waals surface area contributed by atoms with Gasteiger partial charge in [-0.3, -0.25) is 0 Å². The normalized spacial score (nSPS) is 21.4. The molecule has 0 radical (unpaired) electrons. The van der Waals surface area contributed by atoms with Crippen molar-refractivity contribution < 1.29 is 4.42 Å². The van der Waals surface area contributed by atoms with E-state index in [-0.39, 0.29) is 0 Å². The number of oxazole rings is 1. The Morgan fingerprint density at radius 3 is 2.91 bits per heavy atom. The van der Waals surface area contributed by atoms with Gasteiger partial charge in [-0.15, -0.1) is 0 Å². The molecule has 0 spiro atoms. The van der Waals surface area contributed by atoms with Crippen LogP contribution in [0.2, 0.25) is 0 Å². The number of aromatic amines is 1. The summed E-state index contributed by atoms with van der Waals surface area (Å²) in [7, 11) is 4.34. The zero-order chi connectivity index (χ0) is 15.1. The maximum Gasteiger partial charge on any atom is 0.180 e. The molecule has 1 saturated carbocycles. The van der Waals surface area contributed by atoms with Crippen LogP contribution in [-0.2, 0) is 6.42 Å². The van der Waals surface area contributed by atoms with Crippen molar-refractivity contribution >= 4 is 10.9 Å². The van der Waals surface area contributed by atoms with E-state index in [2.05, 4.69) is 53.4 Å². The van der Waals surface area contributed by atoms with Crippen molar-refractivity contribution in [1.82, 2.24) is 14.9 Å². The molecule has 2 aromatic heterocycles. The zero-order valence-electron chi connectivity index (χ0n) is 13.0. The van der Waals surface area contributed by atoms with Crippen molar-refractivity contribution in [2.24, 2.45) is 0 Å². The first-order valence-corrected chi connectivity index (χ1v) is 7.84. The molecule has 2 heterocycles. The van der Waals surface area contributed by atoms with Gasteiger partial charge in [0, 0.05) is 29.6 Å². The maximum absolute atomic E-state index is 5.36. The Bertz CT molecular complexity index is 767. The number of hydrogen-bond acceptors (Lipinski definition) is 3. The number of rotatable bonds is 4. The van der Waals surface area contributed by atoms with E-state index in [1.807, 2.05) is 0 Å². The van der Waals surface area contributed by atoms with Crippen molar-refractivity contribution in [2.45, 2.75) is 31.2 Å². The third-order valence-electron chi connectivity index (χ3n) is 4.92. The molecule has 22 heavy (non-hydrogen) atoms. The molecule has 1 aromatic carbocycles. The molecule has 4 nitrogen and oxygen atoms in total. The molecule has 3 aromatic rings. The zero-order valence-corrected chi connectivity index (χ0v) is 13.0. The Labute approximate surface area is 130 Å². The molecular weight excluding hydrogens is 274 g/mol. The molecular formula is C18H21N3O. The SMILES string of the molecule is CN(C)[C@H]1C[C@H](c2c[nH]c3ccc(Cc4cnco4)cc32)C1. The molecule has 1 aliphatic rings. The summed E-state index contributed by atoms with van der Waals surface area (Å²) in [5.74, 6) is 1.59. The first-order chi connectivity index (χ1) is 10.7. The molecule has 1 aliphatic carbocycles. The quantitative estimate of drug-likeness (QED) is 0.800. The van der Waals surface area contributed by atoms with E-state index >= 15 is 0 Å². The summed E-state index contributed by atoms with van der Waals surface area (Å²) in [5, 5.41) is 1.36. The van der Waals surface area contributed by atoms with Crippen LogP contribution in [0.5, 0.6) is 0 Å². The van der Waals surface area contributed by atoms with Crippen LogP contribution in [0, 0.1) is 0 Å². The summed E-state index contributed by atoms with van der Waals surface area (Å²) in [4.78, 5) is 9.74. The van der Waals surface area contributed by atoms with Crippen LogP contribution in [0.3, 0.4) is 0 Å². The summed E-state index contributed by atoms with van der Waals surface area (Å²) in [6.45, 7) is 0. The van der Waals surface area contributed by atoms with Crippen LogP contribution in [0.4, 0.5) is 0 Å². The van der Waals surface area contributed by atoms with Crippen molar-refractivity contribution in [3.05, 3.63) is 53.9 Å². The van der Waals surface area contributed by atoms with E-state index in [9.17, 15) is 0 Å². The molecule has 1 fully saturated rings. The Balaban J connectivity index is 1.60. The standard InChI is InChI=1S/C18H21N3O/c1-21(2)14-7-13(8-14)17-10-20-18-4-3-12(6-16(17)18)5-15-9-19-11-22-15/h3-4,6,9-11,13-14,20H,5,7-8H2,1-2H3/t13-,14-. The second kappa shape index (κ2) is 5.29. The first kappa shape index (κ1) is 13.6. The minimum absolute atomic E-state index is 0.682. The van der Waals surface area contributed by atoms with Gasteiger partial charge in [0.1, 0.15) is 5.76 Å². The highest BCUT2D eigenvalue weighted by Gasteiger charge is 2.32. The number of nitrogens with one attached hydrogen (secondary N) is 1. The summed E-state index contributed by atoms with van der Waals surface area (Å²) in [6.07, 6.45) is 8.78. The van der Waals surface area contributed by atoms with Gasteiger partial charge < -0.3 is 14.3 Å². The average Bonchev–Trinajstić information content (AvgIpc) is 3.07. The molecule has 114 valence electrons. The van der Waals surface area contributed by atoms with Crippen LogP contribution in [0.1, 0.15) is 35.6 Å². The fourth-order valence-corrected chi connectivity index (χ4v) is 3.43. The molecule has 1 N–H and O–H groups in total. The molecule has 0 amide bonds. The predicted molar refractivity (Wildman–Crippen MR) is 87.1 cm³/mol. The molecule has 4 heteroatoms. The number of fused-ring (bicyclic) bond motifs is 1. The van der Waals surface area contributed by atoms with E-state index in [0.717, 1.165) is 18.2 Å². The number of hydrogen-bond donors (Lipinski definition) is 1. The second-order valence-electron chi connectivity index (χ2n) is 6.55. The number of nitrogens with zero attached hydrogens (tertiary/aromatic N) is 2. The third-order valence-corrected chi connectivity index (χ3v) is 4.92. The lowest BCUT2D eigenvalue weighted by Crippen LogP contribution is -2.39. The van der Waals surface area contributed by atoms with E-state index in [0.29, 0.717) is 5.92 Å². The van der Waals surface area contributed by atoms with Gasteiger partial charge in [-0.05, 0) is 56.1 Å². The van der Waals surface area contributed by atoms with Gasteiger partial charge in [-0.2, -0.15) is 0 Å².